The smallest absolute Gasteiger partial charge is 0.0570 e. The molecule has 2 nitrogen and oxygen atoms in total. The minimum atomic E-state index is 0.595. The summed E-state index contributed by atoms with van der Waals surface area (Å²) in [7, 11) is 1.81. The normalized spacial score (nSPS) is 31.7. The summed E-state index contributed by atoms with van der Waals surface area (Å²) >= 11 is 2.32. The lowest BCUT2D eigenvalue weighted by molar-refractivity contribution is -0.164. The van der Waals surface area contributed by atoms with Crippen molar-refractivity contribution in [2.75, 3.05) is 26.3 Å². The maximum absolute atomic E-state index is 5.13. The molecule has 0 unspecified atom stereocenters. The predicted molar refractivity (Wildman–Crippen MR) is 46.4 cm³/mol. The first-order valence-electron chi connectivity index (χ1n) is 2.96. The van der Waals surface area contributed by atoms with E-state index in [-0.39, 0.29) is 0 Å². The average molecular weight is 257 g/mol. The third-order valence-electron chi connectivity index (χ3n) is 1.94. The molecule has 2 heterocycles. The molecule has 0 bridgehead atoms. The molecular formula is C5H8INOS. The molecule has 2 saturated heterocycles. The second kappa shape index (κ2) is 2.25. The van der Waals surface area contributed by atoms with Gasteiger partial charge in [0.25, 0.3) is 0 Å². The van der Waals surface area contributed by atoms with E-state index in [1.54, 1.807) is 0 Å². The molecule has 2 aliphatic heterocycles. The Morgan fingerprint density at radius 1 is 1.44 bits per heavy atom. The maximum atomic E-state index is 5.13. The fourth-order valence-electron chi connectivity index (χ4n) is 1.32. The Balaban J connectivity index is 1.82. The number of hydrogen-bond donors (Lipinski definition) is 0. The van der Waals surface area contributed by atoms with Crippen LogP contribution in [-0.4, -0.2) is 30.6 Å². The van der Waals surface area contributed by atoms with Crippen molar-refractivity contribution in [2.24, 2.45) is 5.41 Å². The molecule has 0 atom stereocenters. The van der Waals surface area contributed by atoms with Gasteiger partial charge >= 0.3 is 0 Å². The van der Waals surface area contributed by atoms with Gasteiger partial charge in [-0.2, -0.15) is 0 Å². The van der Waals surface area contributed by atoms with Crippen molar-refractivity contribution in [3.8, 4) is 0 Å². The van der Waals surface area contributed by atoms with Crippen LogP contribution in [0.25, 0.3) is 0 Å². The second-order valence-electron chi connectivity index (χ2n) is 2.86. The topological polar surface area (TPSA) is 12.5 Å². The van der Waals surface area contributed by atoms with Crippen molar-refractivity contribution in [1.82, 2.24) is 4.31 Å². The van der Waals surface area contributed by atoms with Gasteiger partial charge in [0.15, 0.2) is 0 Å². The average Bonchev–Trinajstić information content (AvgIpc) is 1.59. The Kier molecular flexibility index (Phi) is 1.67. The monoisotopic (exact) mass is 257 g/mol. The van der Waals surface area contributed by atoms with E-state index < -0.39 is 0 Å². The molecule has 1 spiro atoms. The minimum absolute atomic E-state index is 0.595. The summed E-state index contributed by atoms with van der Waals surface area (Å²) < 4.78 is 7.50. The Labute approximate surface area is 71.0 Å². The lowest BCUT2D eigenvalue weighted by atomic mass is 9.80. The first-order chi connectivity index (χ1) is 4.35. The third-order valence-corrected chi connectivity index (χ3v) is 4.06. The summed E-state index contributed by atoms with van der Waals surface area (Å²) in [5.41, 5.74) is 0.595. The van der Waals surface area contributed by atoms with E-state index in [4.69, 9.17) is 4.74 Å². The zero-order chi connectivity index (χ0) is 6.32. The van der Waals surface area contributed by atoms with Crippen LogP contribution >= 0.6 is 30.3 Å². The van der Waals surface area contributed by atoms with Gasteiger partial charge < -0.3 is 4.74 Å². The predicted octanol–water partition coefficient (Wildman–Crippen LogP) is 1.32. The van der Waals surface area contributed by atoms with E-state index in [2.05, 4.69) is 25.5 Å². The van der Waals surface area contributed by atoms with Crippen LogP contribution in [0.2, 0.25) is 0 Å². The second-order valence-corrected chi connectivity index (χ2v) is 4.70. The summed E-state index contributed by atoms with van der Waals surface area (Å²) in [5, 5.41) is 0. The van der Waals surface area contributed by atoms with Crippen molar-refractivity contribution in [1.29, 1.82) is 0 Å². The fourth-order valence-corrected chi connectivity index (χ4v) is 2.80. The Morgan fingerprint density at radius 2 is 2.11 bits per heavy atom. The quantitative estimate of drug-likeness (QED) is 0.519. The first-order valence-corrected chi connectivity index (χ1v) is 6.28. The number of halogens is 1. The summed E-state index contributed by atoms with van der Waals surface area (Å²) in [4.78, 5) is 0. The maximum Gasteiger partial charge on any atom is 0.0570 e. The van der Waals surface area contributed by atoms with Crippen molar-refractivity contribution < 1.29 is 4.74 Å². The van der Waals surface area contributed by atoms with Crippen molar-refractivity contribution in [2.45, 2.75) is 0 Å². The van der Waals surface area contributed by atoms with E-state index in [0.29, 0.717) is 5.41 Å². The summed E-state index contributed by atoms with van der Waals surface area (Å²) in [6, 6.07) is 0. The fraction of sp³-hybridized carbons (Fsp3) is 1.00. The van der Waals surface area contributed by atoms with E-state index in [1.165, 1.54) is 13.1 Å². The van der Waals surface area contributed by atoms with Crippen LogP contribution in [0.3, 0.4) is 0 Å². The van der Waals surface area contributed by atoms with E-state index in [9.17, 15) is 0 Å². The standard InChI is InChI=1S/C5H8INOS/c6-9-7-1-5(2-7)3-8-4-5/h1-4H2. The van der Waals surface area contributed by atoms with Gasteiger partial charge in [0.05, 0.1) is 13.2 Å². The van der Waals surface area contributed by atoms with Crippen LogP contribution < -0.4 is 0 Å². The number of hydrogen-bond acceptors (Lipinski definition) is 3. The molecule has 2 rings (SSSR count). The highest BCUT2D eigenvalue weighted by atomic mass is 127. The first kappa shape index (κ1) is 6.69. The summed E-state index contributed by atoms with van der Waals surface area (Å²) in [6.07, 6.45) is 0. The molecule has 0 aromatic heterocycles. The molecule has 52 valence electrons. The molecule has 2 fully saturated rings. The molecule has 0 radical (unpaired) electrons. The van der Waals surface area contributed by atoms with Gasteiger partial charge in [0.1, 0.15) is 0 Å². The number of ether oxygens (including phenoxy) is 1. The molecule has 0 N–H and O–H groups in total. The van der Waals surface area contributed by atoms with Gasteiger partial charge in [-0.3, -0.25) is 0 Å². The Hall–Kier alpha value is 1.00. The van der Waals surface area contributed by atoms with Crippen molar-refractivity contribution >= 4 is 30.3 Å². The SMILES string of the molecule is ISN1CC2(COC2)C1. The molecule has 4 heteroatoms. The third kappa shape index (κ3) is 1.00. The summed E-state index contributed by atoms with van der Waals surface area (Å²) in [6.45, 7) is 4.47. The van der Waals surface area contributed by atoms with Gasteiger partial charge in [-0.05, 0) is 9.12 Å². The highest BCUT2D eigenvalue weighted by Gasteiger charge is 2.48. The van der Waals surface area contributed by atoms with E-state index in [1.807, 2.05) is 9.12 Å². The van der Waals surface area contributed by atoms with E-state index >= 15 is 0 Å². The van der Waals surface area contributed by atoms with Crippen molar-refractivity contribution in [3.63, 3.8) is 0 Å². The molecule has 0 saturated carbocycles. The molecule has 0 aromatic rings. The van der Waals surface area contributed by atoms with Crippen molar-refractivity contribution in [3.05, 3.63) is 0 Å². The highest BCUT2D eigenvalue weighted by molar-refractivity contribution is 14.2. The summed E-state index contributed by atoms with van der Waals surface area (Å²) in [5.74, 6) is 0. The highest BCUT2D eigenvalue weighted by Crippen LogP contribution is 2.42. The van der Waals surface area contributed by atoms with Gasteiger partial charge in [0, 0.05) is 39.7 Å². The molecule has 0 aromatic carbocycles. The molecular weight excluding hydrogens is 249 g/mol. The van der Waals surface area contributed by atoms with Crippen LogP contribution in [0.4, 0.5) is 0 Å². The van der Waals surface area contributed by atoms with Crippen LogP contribution in [0.5, 0.6) is 0 Å². The number of nitrogens with zero attached hydrogens (tertiary/aromatic N) is 1. The van der Waals surface area contributed by atoms with Gasteiger partial charge in [-0.1, -0.05) is 0 Å². The minimum Gasteiger partial charge on any atom is -0.380 e. The molecule has 0 aliphatic carbocycles. The molecule has 2 aliphatic rings. The van der Waals surface area contributed by atoms with E-state index in [0.717, 1.165) is 13.2 Å². The largest absolute Gasteiger partial charge is 0.380 e. The lowest BCUT2D eigenvalue weighted by Crippen LogP contribution is -2.63. The lowest BCUT2D eigenvalue weighted by Gasteiger charge is -2.53. The Bertz CT molecular complexity index is 120. The Morgan fingerprint density at radius 3 is 2.44 bits per heavy atom. The van der Waals surface area contributed by atoms with Crippen LogP contribution in [0.1, 0.15) is 0 Å². The van der Waals surface area contributed by atoms with Gasteiger partial charge in [0.2, 0.25) is 0 Å². The zero-order valence-electron chi connectivity index (χ0n) is 4.97. The van der Waals surface area contributed by atoms with Crippen LogP contribution in [-0.2, 0) is 4.74 Å². The van der Waals surface area contributed by atoms with Gasteiger partial charge in [-0.15, -0.1) is 0 Å². The number of rotatable bonds is 1. The van der Waals surface area contributed by atoms with Crippen LogP contribution in [0, 0.1) is 5.41 Å². The van der Waals surface area contributed by atoms with Gasteiger partial charge in [-0.25, -0.2) is 4.31 Å². The molecule has 0 amide bonds. The van der Waals surface area contributed by atoms with Crippen LogP contribution in [0.15, 0.2) is 0 Å². The molecule has 9 heavy (non-hydrogen) atoms. The zero-order valence-corrected chi connectivity index (χ0v) is 7.94.